The number of fused-ring (bicyclic) bond motifs is 3. The molecule has 5 rings (SSSR count). The van der Waals surface area contributed by atoms with Crippen molar-refractivity contribution < 1.29 is 0 Å². The number of hydrogen-bond donors (Lipinski definition) is 3. The van der Waals surface area contributed by atoms with Crippen LogP contribution >= 0.6 is 11.3 Å². The fourth-order valence-corrected chi connectivity index (χ4v) is 5.74. The summed E-state index contributed by atoms with van der Waals surface area (Å²) in [5.41, 5.74) is 7.25. The van der Waals surface area contributed by atoms with Gasteiger partial charge in [-0.05, 0) is 37.3 Å². The highest BCUT2D eigenvalue weighted by Gasteiger charge is 2.23. The van der Waals surface area contributed by atoms with Crippen LogP contribution in [-0.4, -0.2) is 26.1 Å². The van der Waals surface area contributed by atoms with Crippen LogP contribution < -0.4 is 27.4 Å². The van der Waals surface area contributed by atoms with Crippen molar-refractivity contribution in [3.8, 4) is 0 Å². The van der Waals surface area contributed by atoms with E-state index in [0.717, 1.165) is 35.2 Å². The number of nitrogens with one attached hydrogen (secondary N) is 2. The molecule has 33 heavy (non-hydrogen) atoms. The minimum Gasteiger partial charge on any atom is -0.383 e. The summed E-state index contributed by atoms with van der Waals surface area (Å²) in [5.74, 6) is 0.530. The lowest BCUT2D eigenvalue weighted by Gasteiger charge is -2.24. The van der Waals surface area contributed by atoms with Gasteiger partial charge in [0.05, 0.1) is 18.5 Å². The van der Waals surface area contributed by atoms with E-state index >= 15 is 0 Å². The molecule has 0 unspecified atom stereocenters. The molecule has 0 bridgehead atoms. The van der Waals surface area contributed by atoms with Gasteiger partial charge in [-0.1, -0.05) is 30.3 Å². The van der Waals surface area contributed by atoms with E-state index in [4.69, 9.17) is 5.73 Å². The van der Waals surface area contributed by atoms with Crippen LogP contribution in [0, 0.1) is 0 Å². The summed E-state index contributed by atoms with van der Waals surface area (Å²) in [7, 11) is 0. The number of H-pyrrole nitrogens is 2. The fraction of sp³-hybridized carbons (Fsp3) is 0.304. The van der Waals surface area contributed by atoms with Crippen LogP contribution in [0.3, 0.4) is 0 Å². The zero-order chi connectivity index (χ0) is 23.1. The number of aromatic amines is 2. The zero-order valence-electron chi connectivity index (χ0n) is 18.2. The predicted octanol–water partition coefficient (Wildman–Crippen LogP) is 1.98. The number of benzene rings is 1. The van der Waals surface area contributed by atoms with Crippen LogP contribution in [0.4, 0.5) is 11.5 Å². The van der Waals surface area contributed by atoms with Gasteiger partial charge in [0.2, 0.25) is 0 Å². The number of anilines is 2. The summed E-state index contributed by atoms with van der Waals surface area (Å²) in [6, 6.07) is 9.41. The molecule has 0 radical (unpaired) electrons. The number of rotatable bonds is 6. The molecule has 0 saturated carbocycles. The fourth-order valence-electron chi connectivity index (χ4n) is 4.46. The van der Waals surface area contributed by atoms with E-state index in [1.54, 1.807) is 16.2 Å². The van der Waals surface area contributed by atoms with E-state index < -0.39 is 11.2 Å². The van der Waals surface area contributed by atoms with Gasteiger partial charge < -0.3 is 15.6 Å². The number of nitrogens with zero attached hydrogens (tertiary/aromatic N) is 3. The second kappa shape index (κ2) is 8.36. The Morgan fingerprint density at radius 1 is 1.12 bits per heavy atom. The second-order valence-electron chi connectivity index (χ2n) is 8.13. The molecule has 0 amide bonds. The highest BCUT2D eigenvalue weighted by molar-refractivity contribution is 7.18. The number of hydrogen-bond acceptors (Lipinski definition) is 7. The minimum absolute atomic E-state index is 0.0768. The van der Waals surface area contributed by atoms with Gasteiger partial charge in [-0.25, -0.2) is 9.78 Å². The molecule has 3 aromatic heterocycles. The van der Waals surface area contributed by atoms with E-state index in [0.29, 0.717) is 17.8 Å². The van der Waals surface area contributed by atoms with Gasteiger partial charge in [0.25, 0.3) is 11.1 Å². The maximum absolute atomic E-state index is 12.8. The van der Waals surface area contributed by atoms with Crippen molar-refractivity contribution in [3.63, 3.8) is 0 Å². The van der Waals surface area contributed by atoms with E-state index in [2.05, 4.69) is 15.0 Å². The Kier molecular flexibility index (Phi) is 5.37. The van der Waals surface area contributed by atoms with Gasteiger partial charge >= 0.3 is 5.69 Å². The zero-order valence-corrected chi connectivity index (χ0v) is 19.0. The summed E-state index contributed by atoms with van der Waals surface area (Å²) in [5, 5.41) is 0.688. The third kappa shape index (κ3) is 3.76. The molecule has 1 aliphatic rings. The Morgan fingerprint density at radius 3 is 2.67 bits per heavy atom. The predicted molar refractivity (Wildman–Crippen MR) is 130 cm³/mol. The standard InChI is InChI=1S/C23H24N6O3S/c1-2-28(12-16-25-20(30)17-14-9-6-10-15(14)33-22(17)26-16)18-19(24)29(23(32)27-21(18)31)11-13-7-4-3-5-8-13/h3-5,7-8H,2,6,9-12,24H2,1H3,(H,25,26,30)(H,27,31,32). The van der Waals surface area contributed by atoms with Crippen LogP contribution in [0.2, 0.25) is 0 Å². The van der Waals surface area contributed by atoms with Crippen LogP contribution in [0.25, 0.3) is 10.2 Å². The van der Waals surface area contributed by atoms with E-state index in [1.807, 2.05) is 37.3 Å². The van der Waals surface area contributed by atoms with Crippen molar-refractivity contribution in [1.29, 1.82) is 0 Å². The average Bonchev–Trinajstić information content (AvgIpc) is 3.37. The molecule has 170 valence electrons. The van der Waals surface area contributed by atoms with Crippen molar-refractivity contribution in [2.24, 2.45) is 0 Å². The third-order valence-electron chi connectivity index (χ3n) is 6.06. The second-order valence-corrected chi connectivity index (χ2v) is 9.21. The van der Waals surface area contributed by atoms with Crippen molar-refractivity contribution in [3.05, 3.63) is 83.4 Å². The molecule has 1 aliphatic carbocycles. The summed E-state index contributed by atoms with van der Waals surface area (Å²) >= 11 is 1.57. The van der Waals surface area contributed by atoms with Crippen LogP contribution in [0.5, 0.6) is 0 Å². The maximum atomic E-state index is 12.8. The number of aromatic nitrogens is 4. The molecule has 9 nitrogen and oxygen atoms in total. The van der Waals surface area contributed by atoms with E-state index in [1.165, 1.54) is 9.44 Å². The topological polar surface area (TPSA) is 130 Å². The van der Waals surface area contributed by atoms with Gasteiger partial charge in [0.1, 0.15) is 22.2 Å². The van der Waals surface area contributed by atoms with Crippen LogP contribution in [0.15, 0.2) is 44.7 Å². The Balaban J connectivity index is 1.53. The normalized spacial score (nSPS) is 12.9. The highest BCUT2D eigenvalue weighted by Crippen LogP contribution is 2.34. The Morgan fingerprint density at radius 2 is 1.91 bits per heavy atom. The van der Waals surface area contributed by atoms with Crippen LogP contribution in [-0.2, 0) is 25.9 Å². The first kappa shape index (κ1) is 21.2. The molecule has 3 heterocycles. The molecular formula is C23H24N6O3S. The first-order valence-corrected chi connectivity index (χ1v) is 11.7. The molecule has 4 N–H and O–H groups in total. The number of aryl methyl sites for hydroxylation is 2. The molecule has 0 atom stereocenters. The first-order valence-electron chi connectivity index (χ1n) is 10.9. The minimum atomic E-state index is -0.567. The van der Waals surface area contributed by atoms with Gasteiger partial charge in [0, 0.05) is 11.4 Å². The summed E-state index contributed by atoms with van der Waals surface area (Å²) in [6.07, 6.45) is 2.97. The highest BCUT2D eigenvalue weighted by atomic mass is 32.1. The van der Waals surface area contributed by atoms with Crippen molar-refractivity contribution >= 4 is 33.1 Å². The largest absolute Gasteiger partial charge is 0.383 e. The van der Waals surface area contributed by atoms with E-state index in [9.17, 15) is 14.4 Å². The Labute approximate surface area is 192 Å². The first-order chi connectivity index (χ1) is 16.0. The smallest absolute Gasteiger partial charge is 0.330 e. The molecule has 0 fully saturated rings. The van der Waals surface area contributed by atoms with Gasteiger partial charge in [-0.2, -0.15) is 0 Å². The quantitative estimate of drug-likeness (QED) is 0.400. The molecule has 1 aromatic carbocycles. The van der Waals surface area contributed by atoms with Crippen LogP contribution in [0.1, 0.15) is 35.2 Å². The number of nitrogens with two attached hydrogens (primary N) is 1. The Bertz CT molecular complexity index is 1520. The van der Waals surface area contributed by atoms with Gasteiger partial charge in [0.15, 0.2) is 0 Å². The van der Waals surface area contributed by atoms with Crippen molar-refractivity contribution in [2.45, 2.75) is 39.3 Å². The molecule has 10 heteroatoms. The monoisotopic (exact) mass is 464 g/mol. The van der Waals surface area contributed by atoms with Gasteiger partial charge in [-0.3, -0.25) is 19.1 Å². The lowest BCUT2D eigenvalue weighted by Crippen LogP contribution is -2.38. The van der Waals surface area contributed by atoms with Crippen molar-refractivity contribution in [1.82, 2.24) is 19.5 Å². The molecule has 0 aliphatic heterocycles. The molecule has 4 aromatic rings. The maximum Gasteiger partial charge on any atom is 0.330 e. The van der Waals surface area contributed by atoms with Crippen molar-refractivity contribution in [2.75, 3.05) is 17.2 Å². The lowest BCUT2D eigenvalue weighted by atomic mass is 10.2. The molecule has 0 spiro atoms. The average molecular weight is 465 g/mol. The lowest BCUT2D eigenvalue weighted by molar-refractivity contribution is 0.711. The summed E-state index contributed by atoms with van der Waals surface area (Å²) in [4.78, 5) is 51.7. The SMILES string of the molecule is CCN(Cc1nc2sc3c(c2c(=O)[nH]1)CCC3)c1c(N)n(Cc2ccccc2)c(=O)[nH]c1=O. The van der Waals surface area contributed by atoms with Gasteiger partial charge in [-0.15, -0.1) is 11.3 Å². The number of thiophene rings is 1. The molecule has 0 saturated heterocycles. The summed E-state index contributed by atoms with van der Waals surface area (Å²) in [6.45, 7) is 2.72. The number of nitrogen functional groups attached to an aromatic ring is 1. The van der Waals surface area contributed by atoms with E-state index in [-0.39, 0.29) is 30.2 Å². The summed E-state index contributed by atoms with van der Waals surface area (Å²) < 4.78 is 1.35. The molecular weight excluding hydrogens is 440 g/mol. The Hall–Kier alpha value is -3.66. The third-order valence-corrected chi connectivity index (χ3v) is 7.25.